The van der Waals surface area contributed by atoms with Gasteiger partial charge in [0.05, 0.1) is 18.8 Å². The zero-order chi connectivity index (χ0) is 13.8. The molecule has 0 aromatic rings. The molecule has 19 heavy (non-hydrogen) atoms. The zero-order valence-corrected chi connectivity index (χ0v) is 11.8. The number of aliphatic hydroxyl groups is 1. The van der Waals surface area contributed by atoms with E-state index in [9.17, 15) is 9.90 Å². The average molecular weight is 270 g/mol. The van der Waals surface area contributed by atoms with E-state index in [2.05, 4.69) is 0 Å². The predicted molar refractivity (Wildman–Crippen MR) is 72.6 cm³/mol. The summed E-state index contributed by atoms with van der Waals surface area (Å²) in [6.45, 7) is 3.08. The van der Waals surface area contributed by atoms with E-state index in [1.54, 1.807) is 0 Å². The van der Waals surface area contributed by atoms with Crippen LogP contribution in [0.5, 0.6) is 0 Å². The van der Waals surface area contributed by atoms with Crippen LogP contribution in [0.2, 0.25) is 0 Å². The summed E-state index contributed by atoms with van der Waals surface area (Å²) in [5, 5.41) is 9.18. The number of hydrogen-bond acceptors (Lipinski definition) is 4. The molecule has 0 radical (unpaired) electrons. The molecule has 0 bridgehead atoms. The number of morpholine rings is 1. The van der Waals surface area contributed by atoms with Crippen LogP contribution in [-0.2, 0) is 9.53 Å². The fraction of sp³-hybridized carbons (Fsp3) is 0.929. The Bertz CT molecular complexity index is 303. The molecule has 1 saturated carbocycles. The maximum Gasteiger partial charge on any atom is 0.223 e. The van der Waals surface area contributed by atoms with Crippen molar-refractivity contribution >= 4 is 5.91 Å². The Morgan fingerprint density at radius 1 is 1.32 bits per heavy atom. The molecule has 1 amide bonds. The number of nitrogens with two attached hydrogens (primary N) is 1. The van der Waals surface area contributed by atoms with Crippen LogP contribution in [0.25, 0.3) is 0 Å². The number of rotatable bonds is 3. The molecule has 0 spiro atoms. The molecule has 3 N–H and O–H groups in total. The fourth-order valence-electron chi connectivity index (χ4n) is 3.12. The highest BCUT2D eigenvalue weighted by Gasteiger charge is 2.29. The van der Waals surface area contributed by atoms with Crippen LogP contribution >= 0.6 is 0 Å². The summed E-state index contributed by atoms with van der Waals surface area (Å²) in [5.41, 5.74) is 5.89. The number of nitrogens with zero attached hydrogens (tertiary/aromatic N) is 1. The first-order valence-corrected chi connectivity index (χ1v) is 7.38. The molecule has 2 aliphatic rings. The van der Waals surface area contributed by atoms with Crippen LogP contribution in [0.15, 0.2) is 0 Å². The molecule has 0 aromatic heterocycles. The van der Waals surface area contributed by atoms with Crippen LogP contribution in [0.4, 0.5) is 0 Å². The molecular weight excluding hydrogens is 244 g/mol. The smallest absolute Gasteiger partial charge is 0.223 e. The second kappa shape index (κ2) is 6.68. The van der Waals surface area contributed by atoms with Crippen LogP contribution in [0.3, 0.4) is 0 Å². The van der Waals surface area contributed by atoms with Crippen molar-refractivity contribution in [2.45, 2.75) is 57.3 Å². The first kappa shape index (κ1) is 14.8. The lowest BCUT2D eigenvalue weighted by atomic mass is 9.84. The van der Waals surface area contributed by atoms with Crippen molar-refractivity contribution in [3.63, 3.8) is 0 Å². The largest absolute Gasteiger partial charge is 0.394 e. The van der Waals surface area contributed by atoms with E-state index >= 15 is 0 Å². The lowest BCUT2D eigenvalue weighted by Gasteiger charge is -2.37. The van der Waals surface area contributed by atoms with E-state index in [4.69, 9.17) is 10.5 Å². The molecule has 2 atom stereocenters. The molecule has 2 unspecified atom stereocenters. The number of carbonyl (C=O) groups is 1. The van der Waals surface area contributed by atoms with Crippen molar-refractivity contribution in [3.8, 4) is 0 Å². The quantitative estimate of drug-likeness (QED) is 0.783. The van der Waals surface area contributed by atoms with E-state index in [1.807, 2.05) is 11.8 Å². The second-order valence-electron chi connectivity index (χ2n) is 6.03. The van der Waals surface area contributed by atoms with Gasteiger partial charge in [0.25, 0.3) is 0 Å². The summed E-state index contributed by atoms with van der Waals surface area (Å²) in [4.78, 5) is 14.2. The number of hydrogen-bond donors (Lipinski definition) is 2. The molecule has 5 nitrogen and oxygen atoms in total. The van der Waals surface area contributed by atoms with Gasteiger partial charge in [-0.15, -0.1) is 0 Å². The van der Waals surface area contributed by atoms with Crippen molar-refractivity contribution < 1.29 is 14.6 Å². The molecule has 1 heterocycles. The van der Waals surface area contributed by atoms with Gasteiger partial charge in [-0.25, -0.2) is 0 Å². The van der Waals surface area contributed by atoms with Crippen molar-refractivity contribution in [1.82, 2.24) is 4.90 Å². The molecule has 1 aliphatic carbocycles. The second-order valence-corrected chi connectivity index (χ2v) is 6.03. The van der Waals surface area contributed by atoms with Gasteiger partial charge >= 0.3 is 0 Å². The number of amides is 1. The van der Waals surface area contributed by atoms with Gasteiger partial charge in [0, 0.05) is 25.6 Å². The molecule has 0 aromatic carbocycles. The Morgan fingerprint density at radius 2 is 2.00 bits per heavy atom. The number of carbonyl (C=O) groups excluding carboxylic acids is 1. The van der Waals surface area contributed by atoms with Gasteiger partial charge in [0.15, 0.2) is 0 Å². The Labute approximate surface area is 115 Å². The van der Waals surface area contributed by atoms with Crippen molar-refractivity contribution in [2.24, 2.45) is 11.7 Å². The van der Waals surface area contributed by atoms with Gasteiger partial charge in [0.1, 0.15) is 0 Å². The molecule has 2 fully saturated rings. The van der Waals surface area contributed by atoms with E-state index in [0.717, 1.165) is 25.7 Å². The SMILES string of the molecule is CC1CN(C(=O)CC2CCC(N)CC2)CC(CO)O1. The van der Waals surface area contributed by atoms with Gasteiger partial charge in [-0.1, -0.05) is 0 Å². The number of ether oxygens (including phenoxy) is 1. The van der Waals surface area contributed by atoms with E-state index in [1.165, 1.54) is 0 Å². The summed E-state index contributed by atoms with van der Waals surface area (Å²) < 4.78 is 5.56. The first-order valence-electron chi connectivity index (χ1n) is 7.38. The number of aliphatic hydroxyl groups excluding tert-OH is 1. The molecule has 110 valence electrons. The highest BCUT2D eigenvalue weighted by Crippen LogP contribution is 2.27. The third kappa shape index (κ3) is 4.16. The third-order valence-electron chi connectivity index (χ3n) is 4.24. The van der Waals surface area contributed by atoms with Crippen LogP contribution in [0, 0.1) is 5.92 Å². The highest BCUT2D eigenvalue weighted by atomic mass is 16.5. The lowest BCUT2D eigenvalue weighted by Crippen LogP contribution is -2.50. The van der Waals surface area contributed by atoms with Crippen LogP contribution in [-0.4, -0.2) is 53.9 Å². The topological polar surface area (TPSA) is 75.8 Å². The molecule has 5 heteroatoms. The molecule has 1 saturated heterocycles. The first-order chi connectivity index (χ1) is 9.08. The highest BCUT2D eigenvalue weighted by molar-refractivity contribution is 5.76. The van der Waals surface area contributed by atoms with Gasteiger partial charge in [0.2, 0.25) is 5.91 Å². The van der Waals surface area contributed by atoms with E-state index in [-0.39, 0.29) is 24.7 Å². The fourth-order valence-corrected chi connectivity index (χ4v) is 3.12. The average Bonchev–Trinajstić information content (AvgIpc) is 2.40. The normalized spacial score (nSPS) is 36.3. The zero-order valence-electron chi connectivity index (χ0n) is 11.8. The standard InChI is InChI=1S/C14H26N2O3/c1-10-7-16(8-13(9-17)19-10)14(18)6-11-2-4-12(15)5-3-11/h10-13,17H,2-9,15H2,1H3. The predicted octanol–water partition coefficient (Wildman–Crippen LogP) is 0.502. The van der Waals surface area contributed by atoms with Crippen LogP contribution < -0.4 is 5.73 Å². The van der Waals surface area contributed by atoms with Gasteiger partial charge in [-0.05, 0) is 38.5 Å². The van der Waals surface area contributed by atoms with Crippen molar-refractivity contribution in [1.29, 1.82) is 0 Å². The Kier molecular flexibility index (Phi) is 5.19. The van der Waals surface area contributed by atoms with Crippen LogP contribution in [0.1, 0.15) is 39.0 Å². The minimum Gasteiger partial charge on any atom is -0.394 e. The Morgan fingerprint density at radius 3 is 2.63 bits per heavy atom. The summed E-state index contributed by atoms with van der Waals surface area (Å²) in [6, 6.07) is 0.327. The summed E-state index contributed by atoms with van der Waals surface area (Å²) in [7, 11) is 0. The van der Waals surface area contributed by atoms with E-state index < -0.39 is 0 Å². The molecular formula is C14H26N2O3. The minimum absolute atomic E-state index is 0.00891. The third-order valence-corrected chi connectivity index (χ3v) is 4.24. The molecule has 1 aliphatic heterocycles. The van der Waals surface area contributed by atoms with Crippen molar-refractivity contribution in [3.05, 3.63) is 0 Å². The molecule has 2 rings (SSSR count). The maximum atomic E-state index is 12.3. The Balaban J connectivity index is 1.82. The Hall–Kier alpha value is -0.650. The summed E-state index contributed by atoms with van der Waals surface area (Å²) >= 11 is 0. The maximum absolute atomic E-state index is 12.3. The van der Waals surface area contributed by atoms with Gasteiger partial charge in [-0.3, -0.25) is 4.79 Å². The summed E-state index contributed by atoms with van der Waals surface area (Å²) in [6.07, 6.45) is 4.61. The minimum atomic E-state index is -0.229. The summed E-state index contributed by atoms with van der Waals surface area (Å²) in [5.74, 6) is 0.687. The monoisotopic (exact) mass is 270 g/mol. The van der Waals surface area contributed by atoms with E-state index in [0.29, 0.717) is 31.5 Å². The van der Waals surface area contributed by atoms with Gasteiger partial charge < -0.3 is 20.5 Å². The van der Waals surface area contributed by atoms with Crippen molar-refractivity contribution in [2.75, 3.05) is 19.7 Å². The lowest BCUT2D eigenvalue weighted by molar-refractivity contribution is -0.148. The van der Waals surface area contributed by atoms with Gasteiger partial charge in [-0.2, -0.15) is 0 Å².